The van der Waals surface area contributed by atoms with E-state index in [-0.39, 0.29) is 12.7 Å². The molecule has 1 aliphatic carbocycles. The Hall–Kier alpha value is -0.120. The largest absolute Gasteiger partial charge is 0.396 e. The van der Waals surface area contributed by atoms with Crippen molar-refractivity contribution >= 4 is 0 Å². The molecule has 0 aromatic carbocycles. The molecule has 0 radical (unpaired) electrons. The minimum atomic E-state index is -0.159. The average molecular weight is 159 g/mol. The number of hydrogen-bond acceptors (Lipinski definition) is 3. The molecule has 1 saturated carbocycles. The second-order valence-electron chi connectivity index (χ2n) is 3.19. The average Bonchev–Trinajstić information content (AvgIpc) is 2.79. The Balaban J connectivity index is 1.85. The fraction of sp³-hybridized carbons (Fsp3) is 1.00. The molecule has 0 aliphatic heterocycles. The first kappa shape index (κ1) is 8.97. The number of hydrogen-bond donors (Lipinski definition) is 3. The minimum Gasteiger partial charge on any atom is -0.396 e. The standard InChI is InChI=1S/C8H17NO2/c10-5-1-4-9-6-8(11)7-2-3-7/h7-11H,1-6H2. The van der Waals surface area contributed by atoms with E-state index in [2.05, 4.69) is 5.32 Å². The van der Waals surface area contributed by atoms with Crippen molar-refractivity contribution in [2.75, 3.05) is 19.7 Å². The van der Waals surface area contributed by atoms with Gasteiger partial charge in [0, 0.05) is 13.2 Å². The molecular formula is C8H17NO2. The molecule has 0 aromatic heterocycles. The van der Waals surface area contributed by atoms with Crippen LogP contribution in [0, 0.1) is 5.92 Å². The summed E-state index contributed by atoms with van der Waals surface area (Å²) in [7, 11) is 0. The van der Waals surface area contributed by atoms with Gasteiger partial charge in [0.05, 0.1) is 6.10 Å². The quantitative estimate of drug-likeness (QED) is 0.468. The first-order chi connectivity index (χ1) is 5.34. The fourth-order valence-corrected chi connectivity index (χ4v) is 1.10. The number of nitrogens with one attached hydrogen (secondary N) is 1. The van der Waals surface area contributed by atoms with E-state index in [9.17, 15) is 5.11 Å². The molecule has 0 aromatic rings. The molecule has 1 unspecified atom stereocenters. The van der Waals surface area contributed by atoms with Gasteiger partial charge in [-0.15, -0.1) is 0 Å². The molecule has 11 heavy (non-hydrogen) atoms. The van der Waals surface area contributed by atoms with E-state index in [4.69, 9.17) is 5.11 Å². The van der Waals surface area contributed by atoms with Crippen LogP contribution in [0.3, 0.4) is 0 Å². The first-order valence-electron chi connectivity index (χ1n) is 4.34. The summed E-state index contributed by atoms with van der Waals surface area (Å²) in [6.45, 7) is 1.72. The van der Waals surface area contributed by atoms with Crippen molar-refractivity contribution in [3.8, 4) is 0 Å². The Morgan fingerprint density at radius 1 is 1.45 bits per heavy atom. The van der Waals surface area contributed by atoms with Crippen molar-refractivity contribution < 1.29 is 10.2 Å². The minimum absolute atomic E-state index is 0.159. The molecule has 66 valence electrons. The monoisotopic (exact) mass is 159 g/mol. The second-order valence-corrected chi connectivity index (χ2v) is 3.19. The zero-order chi connectivity index (χ0) is 8.10. The lowest BCUT2D eigenvalue weighted by Crippen LogP contribution is -2.29. The Morgan fingerprint density at radius 3 is 2.73 bits per heavy atom. The summed E-state index contributed by atoms with van der Waals surface area (Å²) in [4.78, 5) is 0. The Bertz CT molecular complexity index is 104. The van der Waals surface area contributed by atoms with Gasteiger partial charge in [-0.05, 0) is 31.7 Å². The molecule has 0 heterocycles. The van der Waals surface area contributed by atoms with Gasteiger partial charge in [-0.3, -0.25) is 0 Å². The number of aliphatic hydroxyl groups is 2. The summed E-state index contributed by atoms with van der Waals surface area (Å²) in [5, 5.41) is 20.9. The van der Waals surface area contributed by atoms with Crippen LogP contribution in [0.2, 0.25) is 0 Å². The maximum atomic E-state index is 9.36. The van der Waals surface area contributed by atoms with Gasteiger partial charge < -0.3 is 15.5 Å². The predicted molar refractivity (Wildman–Crippen MR) is 43.3 cm³/mol. The Kier molecular flexibility index (Phi) is 3.83. The highest BCUT2D eigenvalue weighted by molar-refractivity contribution is 4.81. The van der Waals surface area contributed by atoms with Crippen molar-refractivity contribution in [3.63, 3.8) is 0 Å². The lowest BCUT2D eigenvalue weighted by Gasteiger charge is -2.09. The molecule has 1 atom stereocenters. The smallest absolute Gasteiger partial charge is 0.0692 e. The van der Waals surface area contributed by atoms with Crippen molar-refractivity contribution in [3.05, 3.63) is 0 Å². The third-order valence-corrected chi connectivity index (χ3v) is 2.03. The molecule has 0 bridgehead atoms. The van der Waals surface area contributed by atoms with Crippen molar-refractivity contribution in [1.29, 1.82) is 0 Å². The van der Waals surface area contributed by atoms with Crippen LogP contribution in [-0.2, 0) is 0 Å². The van der Waals surface area contributed by atoms with Crippen LogP contribution >= 0.6 is 0 Å². The van der Waals surface area contributed by atoms with Crippen molar-refractivity contribution in [2.24, 2.45) is 5.92 Å². The topological polar surface area (TPSA) is 52.5 Å². The SMILES string of the molecule is OCCCNCC(O)C1CC1. The van der Waals surface area contributed by atoms with Crippen LogP contribution in [0.15, 0.2) is 0 Å². The molecule has 0 spiro atoms. The third kappa shape index (κ3) is 3.70. The molecule has 1 fully saturated rings. The molecule has 0 amide bonds. The first-order valence-corrected chi connectivity index (χ1v) is 4.34. The van der Waals surface area contributed by atoms with Gasteiger partial charge in [0.25, 0.3) is 0 Å². The van der Waals surface area contributed by atoms with Crippen LogP contribution in [0.4, 0.5) is 0 Å². The van der Waals surface area contributed by atoms with Gasteiger partial charge in [0.15, 0.2) is 0 Å². The fourth-order valence-electron chi connectivity index (χ4n) is 1.10. The van der Waals surface area contributed by atoms with Gasteiger partial charge in [-0.2, -0.15) is 0 Å². The highest BCUT2D eigenvalue weighted by Crippen LogP contribution is 2.32. The van der Waals surface area contributed by atoms with Crippen LogP contribution in [0.25, 0.3) is 0 Å². The van der Waals surface area contributed by atoms with E-state index < -0.39 is 0 Å². The predicted octanol–water partition coefficient (Wildman–Crippen LogP) is -0.271. The zero-order valence-corrected chi connectivity index (χ0v) is 6.79. The van der Waals surface area contributed by atoms with Crippen LogP contribution in [-0.4, -0.2) is 36.0 Å². The Morgan fingerprint density at radius 2 is 2.18 bits per heavy atom. The van der Waals surface area contributed by atoms with E-state index in [1.165, 1.54) is 12.8 Å². The molecule has 3 heteroatoms. The summed E-state index contributed by atoms with van der Waals surface area (Å²) in [6, 6.07) is 0. The van der Waals surface area contributed by atoms with Gasteiger partial charge >= 0.3 is 0 Å². The van der Waals surface area contributed by atoms with Gasteiger partial charge in [-0.1, -0.05) is 0 Å². The maximum absolute atomic E-state index is 9.36. The number of rotatable bonds is 6. The van der Waals surface area contributed by atoms with Crippen molar-refractivity contribution in [1.82, 2.24) is 5.32 Å². The molecule has 3 N–H and O–H groups in total. The zero-order valence-electron chi connectivity index (χ0n) is 6.79. The molecule has 1 aliphatic rings. The van der Waals surface area contributed by atoms with Crippen molar-refractivity contribution in [2.45, 2.75) is 25.4 Å². The summed E-state index contributed by atoms with van der Waals surface area (Å²) in [5.74, 6) is 0.552. The summed E-state index contributed by atoms with van der Waals surface area (Å²) in [6.07, 6.45) is 2.98. The maximum Gasteiger partial charge on any atom is 0.0692 e. The molecule has 3 nitrogen and oxygen atoms in total. The number of aliphatic hydroxyl groups excluding tert-OH is 2. The van der Waals surface area contributed by atoms with Gasteiger partial charge in [-0.25, -0.2) is 0 Å². The summed E-state index contributed by atoms with van der Waals surface area (Å²) < 4.78 is 0. The third-order valence-electron chi connectivity index (χ3n) is 2.03. The second kappa shape index (κ2) is 4.70. The highest BCUT2D eigenvalue weighted by Gasteiger charge is 2.28. The van der Waals surface area contributed by atoms with Crippen LogP contribution < -0.4 is 5.32 Å². The molecule has 0 saturated heterocycles. The molecular weight excluding hydrogens is 142 g/mol. The van der Waals surface area contributed by atoms with Gasteiger partial charge in [0.1, 0.15) is 0 Å². The molecule has 1 rings (SSSR count). The normalized spacial score (nSPS) is 20.2. The van der Waals surface area contributed by atoms with E-state index >= 15 is 0 Å². The van der Waals surface area contributed by atoms with Crippen LogP contribution in [0.5, 0.6) is 0 Å². The van der Waals surface area contributed by atoms with Gasteiger partial charge in [0.2, 0.25) is 0 Å². The summed E-state index contributed by atoms with van der Waals surface area (Å²) >= 11 is 0. The van der Waals surface area contributed by atoms with Crippen LogP contribution in [0.1, 0.15) is 19.3 Å². The highest BCUT2D eigenvalue weighted by atomic mass is 16.3. The van der Waals surface area contributed by atoms with E-state index in [1.807, 2.05) is 0 Å². The van der Waals surface area contributed by atoms with E-state index in [0.717, 1.165) is 13.0 Å². The van der Waals surface area contributed by atoms with E-state index in [0.29, 0.717) is 12.5 Å². The lowest BCUT2D eigenvalue weighted by atomic mass is 10.2. The van der Waals surface area contributed by atoms with E-state index in [1.54, 1.807) is 0 Å². The summed E-state index contributed by atoms with van der Waals surface area (Å²) in [5.41, 5.74) is 0. The lowest BCUT2D eigenvalue weighted by molar-refractivity contribution is 0.148. The Labute approximate surface area is 67.4 Å².